The highest BCUT2D eigenvalue weighted by Gasteiger charge is 2.46. The van der Waals surface area contributed by atoms with Crippen LogP contribution in [0.1, 0.15) is 79.2 Å². The highest BCUT2D eigenvalue weighted by atomic mass is 16.5. The van der Waals surface area contributed by atoms with E-state index in [1.165, 1.54) is 4.90 Å². The van der Waals surface area contributed by atoms with Gasteiger partial charge in [0.1, 0.15) is 18.5 Å². The Kier molecular flexibility index (Phi) is 7.15. The van der Waals surface area contributed by atoms with Crippen LogP contribution in [0.5, 0.6) is 5.75 Å². The molecule has 0 spiro atoms. The largest absolute Gasteiger partial charge is 0.490 e. The first-order chi connectivity index (χ1) is 18.7. The zero-order chi connectivity index (χ0) is 27.9. The van der Waals surface area contributed by atoms with Gasteiger partial charge in [-0.25, -0.2) is 4.99 Å². The molecule has 0 fully saturated rings. The smallest absolute Gasteiger partial charge is 0.251 e. The second-order valence-corrected chi connectivity index (χ2v) is 10.9. The van der Waals surface area contributed by atoms with Crippen molar-refractivity contribution in [3.63, 3.8) is 0 Å². The van der Waals surface area contributed by atoms with E-state index in [-0.39, 0.29) is 36.8 Å². The molecule has 2 amide bonds. The number of amides is 2. The fourth-order valence-electron chi connectivity index (χ4n) is 6.23. The maximum atomic E-state index is 13.7. The maximum absolute atomic E-state index is 13.7. The van der Waals surface area contributed by atoms with E-state index < -0.39 is 23.3 Å². The van der Waals surface area contributed by atoms with Crippen molar-refractivity contribution in [2.45, 2.75) is 75.8 Å². The number of hydrogen-bond donors (Lipinski definition) is 2. The third-order valence-corrected chi connectivity index (χ3v) is 8.85. The van der Waals surface area contributed by atoms with Crippen LogP contribution in [-0.2, 0) is 20.7 Å². The summed E-state index contributed by atoms with van der Waals surface area (Å²) in [5, 5.41) is 3.20. The van der Waals surface area contributed by atoms with Crippen molar-refractivity contribution >= 4 is 17.8 Å². The molecule has 2 aromatic carbocycles. The monoisotopic (exact) mass is 534 g/mol. The Bertz CT molecular complexity index is 1310. The number of nitrogens with zero attached hydrogens (tertiary/aromatic N) is 2. The SMILES string of the molecule is CCC1(CC)CC(=O)N(C2c3cc(C(=O)N[C@@H]4c5ccccc5C[C@@]4(C)OC)ccc3OCC2OC)C(N)=N1. The lowest BCUT2D eigenvalue weighted by Gasteiger charge is -2.44. The first-order valence-corrected chi connectivity index (χ1v) is 13.6. The van der Waals surface area contributed by atoms with Crippen LogP contribution < -0.4 is 15.8 Å². The summed E-state index contributed by atoms with van der Waals surface area (Å²) in [5.41, 5.74) is 8.70. The maximum Gasteiger partial charge on any atom is 0.251 e. The molecule has 2 aliphatic heterocycles. The van der Waals surface area contributed by atoms with Gasteiger partial charge in [-0.05, 0) is 49.1 Å². The number of guanidine groups is 1. The highest BCUT2D eigenvalue weighted by Crippen LogP contribution is 2.43. The van der Waals surface area contributed by atoms with E-state index in [4.69, 9.17) is 24.9 Å². The van der Waals surface area contributed by atoms with Crippen molar-refractivity contribution in [3.8, 4) is 5.75 Å². The number of carbonyl (C=O) groups excluding carboxylic acids is 2. The third kappa shape index (κ3) is 4.57. The fraction of sp³-hybridized carbons (Fsp3) is 0.500. The number of nitrogens with two attached hydrogens (primary N) is 1. The Labute approximate surface area is 229 Å². The van der Waals surface area contributed by atoms with Crippen LogP contribution >= 0.6 is 0 Å². The highest BCUT2D eigenvalue weighted by molar-refractivity contribution is 6.00. The zero-order valence-corrected chi connectivity index (χ0v) is 23.3. The van der Waals surface area contributed by atoms with Crippen molar-refractivity contribution in [3.05, 3.63) is 64.7 Å². The first kappa shape index (κ1) is 27.1. The summed E-state index contributed by atoms with van der Waals surface area (Å²) in [4.78, 5) is 33.5. The summed E-state index contributed by atoms with van der Waals surface area (Å²) in [6, 6.07) is 12.4. The number of fused-ring (bicyclic) bond motifs is 2. The van der Waals surface area contributed by atoms with Crippen molar-refractivity contribution in [2.24, 2.45) is 10.7 Å². The van der Waals surface area contributed by atoms with Gasteiger partial charge in [-0.15, -0.1) is 0 Å². The Morgan fingerprint density at radius 1 is 1.15 bits per heavy atom. The normalized spacial score (nSPS) is 27.3. The molecule has 0 aromatic heterocycles. The Morgan fingerprint density at radius 2 is 1.90 bits per heavy atom. The van der Waals surface area contributed by atoms with Gasteiger partial charge in [0.05, 0.1) is 29.6 Å². The first-order valence-electron chi connectivity index (χ1n) is 13.6. The van der Waals surface area contributed by atoms with Gasteiger partial charge in [-0.2, -0.15) is 0 Å². The quantitative estimate of drug-likeness (QED) is 0.560. The van der Waals surface area contributed by atoms with Gasteiger partial charge < -0.3 is 25.3 Å². The fourth-order valence-corrected chi connectivity index (χ4v) is 6.23. The topological polar surface area (TPSA) is 115 Å². The average Bonchev–Trinajstić information content (AvgIpc) is 3.23. The van der Waals surface area contributed by atoms with Gasteiger partial charge in [0.25, 0.3) is 5.91 Å². The van der Waals surface area contributed by atoms with E-state index in [2.05, 4.69) is 11.4 Å². The van der Waals surface area contributed by atoms with E-state index in [1.54, 1.807) is 32.4 Å². The Hall–Kier alpha value is -3.43. The molecule has 39 heavy (non-hydrogen) atoms. The molecule has 1 aliphatic carbocycles. The lowest BCUT2D eigenvalue weighted by molar-refractivity contribution is -0.135. The molecule has 3 N–H and O–H groups in total. The molecule has 2 unspecified atom stereocenters. The Morgan fingerprint density at radius 3 is 2.56 bits per heavy atom. The molecule has 4 atom stereocenters. The van der Waals surface area contributed by atoms with Crippen LogP contribution in [0.2, 0.25) is 0 Å². The van der Waals surface area contributed by atoms with Gasteiger partial charge >= 0.3 is 0 Å². The number of carbonyl (C=O) groups is 2. The van der Waals surface area contributed by atoms with E-state index in [1.807, 2.05) is 39.0 Å². The molecule has 0 radical (unpaired) electrons. The summed E-state index contributed by atoms with van der Waals surface area (Å²) in [6.45, 7) is 6.29. The van der Waals surface area contributed by atoms with Crippen LogP contribution in [0.15, 0.2) is 47.5 Å². The molecule has 5 rings (SSSR count). The van der Waals surface area contributed by atoms with Crippen molar-refractivity contribution < 1.29 is 23.8 Å². The number of benzene rings is 2. The summed E-state index contributed by atoms with van der Waals surface area (Å²) < 4.78 is 17.6. The molecule has 0 bridgehead atoms. The van der Waals surface area contributed by atoms with Crippen LogP contribution in [0.3, 0.4) is 0 Å². The van der Waals surface area contributed by atoms with Gasteiger partial charge in [0.15, 0.2) is 5.96 Å². The molecule has 0 saturated heterocycles. The minimum Gasteiger partial charge on any atom is -0.490 e. The number of methoxy groups -OCH3 is 2. The Balaban J connectivity index is 1.50. The van der Waals surface area contributed by atoms with Crippen LogP contribution in [0.4, 0.5) is 0 Å². The lowest BCUT2D eigenvalue weighted by atomic mass is 9.86. The van der Waals surface area contributed by atoms with E-state index in [0.717, 1.165) is 24.0 Å². The van der Waals surface area contributed by atoms with Crippen LogP contribution in [-0.4, -0.2) is 60.7 Å². The molecular formula is C30H38N4O5. The number of hydrogen-bond acceptors (Lipinski definition) is 7. The third-order valence-electron chi connectivity index (χ3n) is 8.85. The average molecular weight is 535 g/mol. The van der Waals surface area contributed by atoms with Crippen molar-refractivity contribution in [1.82, 2.24) is 10.2 Å². The van der Waals surface area contributed by atoms with E-state index in [0.29, 0.717) is 23.3 Å². The summed E-state index contributed by atoms with van der Waals surface area (Å²) in [6.07, 6.45) is 1.92. The lowest BCUT2D eigenvalue weighted by Crippen LogP contribution is -2.56. The molecule has 2 heterocycles. The summed E-state index contributed by atoms with van der Waals surface area (Å²) in [5.74, 6) is 0.396. The second-order valence-electron chi connectivity index (χ2n) is 10.9. The molecule has 9 nitrogen and oxygen atoms in total. The number of nitrogens with one attached hydrogen (secondary N) is 1. The second kappa shape index (κ2) is 10.3. The number of rotatable bonds is 7. The van der Waals surface area contributed by atoms with Crippen molar-refractivity contribution in [2.75, 3.05) is 20.8 Å². The number of aliphatic imine (C=N–C) groups is 1. The van der Waals surface area contributed by atoms with Gasteiger partial charge in [-0.1, -0.05) is 38.1 Å². The van der Waals surface area contributed by atoms with Crippen LogP contribution in [0, 0.1) is 0 Å². The van der Waals surface area contributed by atoms with Gasteiger partial charge in [0.2, 0.25) is 5.91 Å². The standard InChI is InChI=1S/C30H38N4O5/c1-6-30(7-2)16-24(35)34(28(31)33-30)25-21-14-18(12-13-22(21)39-17-23(25)37-4)27(36)32-26-20-11-9-8-10-19(20)15-29(26,3)38-5/h8-14,23,25-26H,6-7,15-17H2,1-5H3,(H2,31,33)(H,32,36)/t23?,25?,26-,29-/m1/s1. The molecular weight excluding hydrogens is 496 g/mol. The minimum atomic E-state index is -0.578. The molecule has 208 valence electrons. The van der Waals surface area contributed by atoms with Crippen molar-refractivity contribution in [1.29, 1.82) is 0 Å². The van der Waals surface area contributed by atoms with Gasteiger partial charge in [0, 0.05) is 31.8 Å². The van der Waals surface area contributed by atoms with Gasteiger partial charge in [-0.3, -0.25) is 14.5 Å². The minimum absolute atomic E-state index is 0.112. The molecule has 3 aliphatic rings. The predicted molar refractivity (Wildman–Crippen MR) is 148 cm³/mol. The van der Waals surface area contributed by atoms with E-state index in [9.17, 15) is 9.59 Å². The molecule has 0 saturated carbocycles. The van der Waals surface area contributed by atoms with E-state index >= 15 is 0 Å². The van der Waals surface area contributed by atoms with Crippen LogP contribution in [0.25, 0.3) is 0 Å². The molecule has 9 heteroatoms. The number of ether oxygens (including phenoxy) is 3. The summed E-state index contributed by atoms with van der Waals surface area (Å²) in [7, 11) is 3.25. The summed E-state index contributed by atoms with van der Waals surface area (Å²) >= 11 is 0. The predicted octanol–water partition coefficient (Wildman–Crippen LogP) is 3.67. The zero-order valence-electron chi connectivity index (χ0n) is 23.3. The molecule has 2 aromatic rings.